The standard InChI is InChI=1S/C18H27N3O2.ClH/c1-23-14-13-20-9-4-10-21(12-11-20)18(22)16-5-2-7-17-15(16)6-3-8-19-17;/h2,5,7,19H,3-4,6,8-14H2,1H3;1H. The molecule has 2 heterocycles. The van der Waals surface area contributed by atoms with Crippen molar-refractivity contribution in [3.63, 3.8) is 0 Å². The quantitative estimate of drug-likeness (QED) is 0.901. The molecule has 2 aliphatic heterocycles. The molecule has 6 heteroatoms. The highest BCUT2D eigenvalue weighted by Crippen LogP contribution is 2.26. The van der Waals surface area contributed by atoms with Crippen LogP contribution >= 0.6 is 12.4 Å². The number of hydrogen-bond acceptors (Lipinski definition) is 4. The van der Waals surface area contributed by atoms with Gasteiger partial charge in [0.15, 0.2) is 0 Å². The first-order valence-electron chi connectivity index (χ1n) is 8.66. The van der Waals surface area contributed by atoms with E-state index in [2.05, 4.69) is 16.3 Å². The molecule has 3 rings (SSSR count). The maximum atomic E-state index is 13.0. The minimum atomic E-state index is 0. The topological polar surface area (TPSA) is 44.8 Å². The molecule has 1 aromatic rings. The predicted octanol–water partition coefficient (Wildman–Crippen LogP) is 2.26. The lowest BCUT2D eigenvalue weighted by atomic mass is 9.97. The zero-order valence-electron chi connectivity index (χ0n) is 14.4. The number of hydrogen-bond donors (Lipinski definition) is 1. The summed E-state index contributed by atoms with van der Waals surface area (Å²) in [6.07, 6.45) is 3.13. The molecule has 1 amide bonds. The zero-order chi connectivity index (χ0) is 16.1. The van der Waals surface area contributed by atoms with Gasteiger partial charge in [-0.15, -0.1) is 12.4 Å². The fourth-order valence-corrected chi connectivity index (χ4v) is 3.50. The van der Waals surface area contributed by atoms with E-state index in [-0.39, 0.29) is 18.3 Å². The number of halogens is 1. The highest BCUT2D eigenvalue weighted by atomic mass is 35.5. The van der Waals surface area contributed by atoms with Crippen LogP contribution in [-0.4, -0.2) is 68.7 Å². The lowest BCUT2D eigenvalue weighted by Gasteiger charge is -2.25. The number of ether oxygens (including phenoxy) is 1. The van der Waals surface area contributed by atoms with Crippen molar-refractivity contribution in [2.24, 2.45) is 0 Å². The van der Waals surface area contributed by atoms with Gasteiger partial charge in [-0.1, -0.05) is 6.07 Å². The van der Waals surface area contributed by atoms with Gasteiger partial charge in [-0.2, -0.15) is 0 Å². The van der Waals surface area contributed by atoms with Crippen LogP contribution in [0.4, 0.5) is 5.69 Å². The van der Waals surface area contributed by atoms with Crippen LogP contribution in [0.1, 0.15) is 28.8 Å². The van der Waals surface area contributed by atoms with Gasteiger partial charge >= 0.3 is 0 Å². The zero-order valence-corrected chi connectivity index (χ0v) is 15.2. The van der Waals surface area contributed by atoms with E-state index in [0.29, 0.717) is 0 Å². The van der Waals surface area contributed by atoms with Crippen LogP contribution in [0, 0.1) is 0 Å². The van der Waals surface area contributed by atoms with Crippen molar-refractivity contribution < 1.29 is 9.53 Å². The molecule has 0 bridgehead atoms. The Morgan fingerprint density at radius 1 is 1.21 bits per heavy atom. The highest BCUT2D eigenvalue weighted by Gasteiger charge is 2.24. The van der Waals surface area contributed by atoms with Gasteiger partial charge in [0.05, 0.1) is 6.61 Å². The fourth-order valence-electron chi connectivity index (χ4n) is 3.50. The number of nitrogens with one attached hydrogen (secondary N) is 1. The molecule has 1 saturated heterocycles. The summed E-state index contributed by atoms with van der Waals surface area (Å²) in [4.78, 5) is 17.4. The third-order valence-electron chi connectivity index (χ3n) is 4.81. The lowest BCUT2D eigenvalue weighted by molar-refractivity contribution is 0.0758. The summed E-state index contributed by atoms with van der Waals surface area (Å²) in [6, 6.07) is 6.06. The second-order valence-electron chi connectivity index (χ2n) is 6.34. The largest absolute Gasteiger partial charge is 0.385 e. The summed E-state index contributed by atoms with van der Waals surface area (Å²) in [7, 11) is 1.74. The van der Waals surface area contributed by atoms with Gasteiger partial charge in [0.25, 0.3) is 5.91 Å². The first-order valence-corrected chi connectivity index (χ1v) is 8.66. The van der Waals surface area contributed by atoms with Crippen molar-refractivity contribution in [2.75, 3.05) is 58.3 Å². The molecule has 24 heavy (non-hydrogen) atoms. The van der Waals surface area contributed by atoms with Gasteiger partial charge in [0, 0.05) is 51.1 Å². The van der Waals surface area contributed by atoms with Crippen molar-refractivity contribution in [1.29, 1.82) is 0 Å². The summed E-state index contributed by atoms with van der Waals surface area (Å²) >= 11 is 0. The van der Waals surface area contributed by atoms with Crippen LogP contribution in [0.3, 0.4) is 0 Å². The Kier molecular flexibility index (Phi) is 7.34. The summed E-state index contributed by atoms with van der Waals surface area (Å²) in [5.74, 6) is 0.194. The minimum Gasteiger partial charge on any atom is -0.385 e. The van der Waals surface area contributed by atoms with Crippen LogP contribution in [0.15, 0.2) is 18.2 Å². The van der Waals surface area contributed by atoms with Crippen LogP contribution in [0.2, 0.25) is 0 Å². The Labute approximate surface area is 150 Å². The Morgan fingerprint density at radius 2 is 2.08 bits per heavy atom. The monoisotopic (exact) mass is 353 g/mol. The number of nitrogens with zero attached hydrogens (tertiary/aromatic N) is 2. The number of methoxy groups -OCH3 is 1. The summed E-state index contributed by atoms with van der Waals surface area (Å²) in [5.41, 5.74) is 3.22. The SMILES string of the molecule is COCCN1CCCN(C(=O)c2cccc3c2CCCN3)CC1.Cl. The molecular weight excluding hydrogens is 326 g/mol. The molecule has 1 fully saturated rings. The Hall–Kier alpha value is -1.30. The molecule has 2 aliphatic rings. The number of carbonyl (C=O) groups is 1. The van der Waals surface area contributed by atoms with Crippen LogP contribution in [0.5, 0.6) is 0 Å². The van der Waals surface area contributed by atoms with E-state index in [0.717, 1.165) is 76.4 Å². The molecule has 1 aromatic carbocycles. The molecule has 0 radical (unpaired) electrons. The summed E-state index contributed by atoms with van der Waals surface area (Å²) < 4.78 is 5.16. The molecule has 134 valence electrons. The second kappa shape index (κ2) is 9.25. The Balaban J connectivity index is 0.00000208. The van der Waals surface area contributed by atoms with Gasteiger partial charge in [-0.3, -0.25) is 9.69 Å². The lowest BCUT2D eigenvalue weighted by Crippen LogP contribution is -2.36. The maximum absolute atomic E-state index is 13.0. The van der Waals surface area contributed by atoms with Crippen LogP contribution in [0.25, 0.3) is 0 Å². The summed E-state index contributed by atoms with van der Waals surface area (Å²) in [5, 5.41) is 3.41. The van der Waals surface area contributed by atoms with E-state index in [1.807, 2.05) is 17.0 Å². The number of benzene rings is 1. The predicted molar refractivity (Wildman–Crippen MR) is 99.3 cm³/mol. The first-order chi connectivity index (χ1) is 11.3. The maximum Gasteiger partial charge on any atom is 0.254 e. The average molecular weight is 354 g/mol. The van der Waals surface area contributed by atoms with Crippen LogP contribution in [-0.2, 0) is 11.2 Å². The Morgan fingerprint density at radius 3 is 2.92 bits per heavy atom. The Bertz CT molecular complexity index is 553. The number of rotatable bonds is 4. The number of fused-ring (bicyclic) bond motifs is 1. The molecule has 0 atom stereocenters. The fraction of sp³-hybridized carbons (Fsp3) is 0.611. The third kappa shape index (κ3) is 4.41. The van der Waals surface area contributed by atoms with E-state index in [1.54, 1.807) is 7.11 Å². The molecular formula is C18H28ClN3O2. The molecule has 0 aromatic heterocycles. The molecule has 0 spiro atoms. The smallest absolute Gasteiger partial charge is 0.254 e. The van der Waals surface area contributed by atoms with E-state index in [1.165, 1.54) is 5.56 Å². The van der Waals surface area contributed by atoms with E-state index in [4.69, 9.17) is 4.74 Å². The van der Waals surface area contributed by atoms with Gasteiger partial charge in [0.2, 0.25) is 0 Å². The molecule has 5 nitrogen and oxygen atoms in total. The van der Waals surface area contributed by atoms with Gasteiger partial charge in [-0.25, -0.2) is 0 Å². The molecule has 0 unspecified atom stereocenters. The third-order valence-corrected chi connectivity index (χ3v) is 4.81. The molecule has 1 N–H and O–H groups in total. The van der Waals surface area contributed by atoms with Crippen molar-refractivity contribution in [3.05, 3.63) is 29.3 Å². The summed E-state index contributed by atoms with van der Waals surface area (Å²) in [6.45, 7) is 6.33. The number of amides is 1. The van der Waals surface area contributed by atoms with Crippen molar-refractivity contribution in [2.45, 2.75) is 19.3 Å². The molecule has 0 aliphatic carbocycles. The normalized spacial score (nSPS) is 18.1. The second-order valence-corrected chi connectivity index (χ2v) is 6.34. The number of anilines is 1. The van der Waals surface area contributed by atoms with E-state index >= 15 is 0 Å². The van der Waals surface area contributed by atoms with Crippen molar-refractivity contribution in [1.82, 2.24) is 9.80 Å². The van der Waals surface area contributed by atoms with E-state index in [9.17, 15) is 4.79 Å². The van der Waals surface area contributed by atoms with Crippen molar-refractivity contribution >= 4 is 24.0 Å². The first kappa shape index (κ1) is 19.0. The minimum absolute atomic E-state index is 0. The van der Waals surface area contributed by atoms with E-state index < -0.39 is 0 Å². The van der Waals surface area contributed by atoms with Gasteiger partial charge in [-0.05, 0) is 43.5 Å². The van der Waals surface area contributed by atoms with Crippen molar-refractivity contribution in [3.8, 4) is 0 Å². The molecule has 0 saturated carbocycles. The highest BCUT2D eigenvalue weighted by molar-refractivity contribution is 5.97. The van der Waals surface area contributed by atoms with Gasteiger partial charge < -0.3 is 15.0 Å². The van der Waals surface area contributed by atoms with Gasteiger partial charge in [0.1, 0.15) is 0 Å². The number of carbonyl (C=O) groups excluding carboxylic acids is 1. The van der Waals surface area contributed by atoms with Crippen LogP contribution < -0.4 is 5.32 Å². The average Bonchev–Trinajstić information content (AvgIpc) is 2.84.